The summed E-state index contributed by atoms with van der Waals surface area (Å²) in [6, 6.07) is 2.51. The number of imide groups is 1. The van der Waals surface area contributed by atoms with Crippen molar-refractivity contribution in [2.24, 2.45) is 0 Å². The monoisotopic (exact) mass is 373 g/mol. The largest absolute Gasteiger partial charge is 0.440 e. The second-order valence-corrected chi connectivity index (χ2v) is 6.23. The molecule has 1 aliphatic heterocycles. The van der Waals surface area contributed by atoms with Gasteiger partial charge >= 0.3 is 12.2 Å². The molecule has 0 unspecified atom stereocenters. The lowest BCUT2D eigenvalue weighted by Gasteiger charge is -2.30. The lowest BCUT2D eigenvalue weighted by atomic mass is 10.1. The van der Waals surface area contributed by atoms with Crippen LogP contribution in [0.3, 0.4) is 0 Å². The molecule has 0 spiro atoms. The van der Waals surface area contributed by atoms with Crippen molar-refractivity contribution in [3.8, 4) is 0 Å². The highest BCUT2D eigenvalue weighted by Crippen LogP contribution is 2.37. The van der Waals surface area contributed by atoms with Crippen LogP contribution in [0.4, 0.5) is 22.4 Å². The quantitative estimate of drug-likeness (QED) is 0.631. The number of nitrogens with one attached hydrogen (secondary N) is 2. The van der Waals surface area contributed by atoms with Crippen LogP contribution in [-0.4, -0.2) is 40.6 Å². The van der Waals surface area contributed by atoms with Gasteiger partial charge in [0.25, 0.3) is 17.5 Å². The predicted molar refractivity (Wildman–Crippen MR) is 80.3 cm³/mol. The van der Waals surface area contributed by atoms with Crippen molar-refractivity contribution in [2.45, 2.75) is 43.6 Å². The number of urea groups is 1. The second-order valence-electron chi connectivity index (χ2n) is 6.23. The van der Waals surface area contributed by atoms with Gasteiger partial charge in [-0.2, -0.15) is 13.2 Å². The number of amides is 4. The zero-order chi connectivity index (χ0) is 19.1. The van der Waals surface area contributed by atoms with Crippen LogP contribution in [-0.2, 0) is 4.79 Å². The summed E-state index contributed by atoms with van der Waals surface area (Å²) < 4.78 is 54.8. The minimum atomic E-state index is -5.31. The normalized spacial score (nSPS) is 24.1. The Morgan fingerprint density at radius 2 is 1.81 bits per heavy atom. The molecule has 6 nitrogen and oxygen atoms in total. The number of benzene rings is 1. The Labute approximate surface area is 145 Å². The summed E-state index contributed by atoms with van der Waals surface area (Å²) in [5, 5.41) is 3.06. The van der Waals surface area contributed by atoms with Crippen molar-refractivity contribution >= 4 is 17.8 Å². The second kappa shape index (κ2) is 6.26. The molecular weight excluding hydrogens is 358 g/mol. The van der Waals surface area contributed by atoms with Gasteiger partial charge in [0.05, 0.1) is 5.56 Å². The van der Waals surface area contributed by atoms with E-state index in [0.717, 1.165) is 12.1 Å². The summed E-state index contributed by atoms with van der Waals surface area (Å²) >= 11 is 0. The number of hydrogen-bond acceptors (Lipinski definition) is 3. The van der Waals surface area contributed by atoms with Crippen LogP contribution in [0.25, 0.3) is 0 Å². The molecule has 1 atom stereocenters. The summed E-state index contributed by atoms with van der Waals surface area (Å²) in [5.74, 6) is -4.11. The minimum absolute atomic E-state index is 0.397. The Morgan fingerprint density at radius 3 is 2.38 bits per heavy atom. The molecule has 3 rings (SSSR count). The van der Waals surface area contributed by atoms with Crippen molar-refractivity contribution in [2.75, 3.05) is 0 Å². The number of carbonyl (C=O) groups is 3. The molecule has 0 aromatic heterocycles. The van der Waals surface area contributed by atoms with E-state index in [-0.39, 0.29) is 0 Å². The van der Waals surface area contributed by atoms with Gasteiger partial charge in [-0.05, 0) is 25.0 Å². The van der Waals surface area contributed by atoms with Crippen LogP contribution >= 0.6 is 0 Å². The zero-order valence-corrected chi connectivity index (χ0v) is 13.4. The first-order valence-corrected chi connectivity index (χ1v) is 7.97. The summed E-state index contributed by atoms with van der Waals surface area (Å²) in [7, 11) is 0. The van der Waals surface area contributed by atoms with Crippen molar-refractivity contribution in [3.63, 3.8) is 0 Å². The first-order chi connectivity index (χ1) is 12.2. The first kappa shape index (κ1) is 18.2. The van der Waals surface area contributed by atoms with Crippen LogP contribution in [0, 0.1) is 5.82 Å². The van der Waals surface area contributed by atoms with Crippen LogP contribution in [0.15, 0.2) is 24.3 Å². The number of halogens is 4. The molecule has 1 saturated heterocycles. The van der Waals surface area contributed by atoms with Gasteiger partial charge < -0.3 is 5.32 Å². The van der Waals surface area contributed by atoms with Gasteiger partial charge in [0.1, 0.15) is 5.82 Å². The molecule has 1 aliphatic carbocycles. The fourth-order valence-electron chi connectivity index (χ4n) is 3.27. The number of carbonyl (C=O) groups excluding carboxylic acids is 3. The van der Waals surface area contributed by atoms with Crippen LogP contribution in [0.1, 0.15) is 36.0 Å². The number of nitrogens with zero attached hydrogens (tertiary/aromatic N) is 1. The summed E-state index contributed by atoms with van der Waals surface area (Å²) in [4.78, 5) is 37.3. The smallest absolute Gasteiger partial charge is 0.314 e. The van der Waals surface area contributed by atoms with E-state index in [1.165, 1.54) is 17.4 Å². The lowest BCUT2D eigenvalue weighted by Crippen LogP contribution is -2.69. The Bertz CT molecular complexity index is 761. The first-order valence-electron chi connectivity index (χ1n) is 7.97. The highest BCUT2D eigenvalue weighted by Gasteiger charge is 2.69. The third-order valence-electron chi connectivity index (χ3n) is 4.59. The zero-order valence-electron chi connectivity index (χ0n) is 13.4. The summed E-state index contributed by atoms with van der Waals surface area (Å²) in [6.45, 7) is 0. The van der Waals surface area contributed by atoms with Gasteiger partial charge in [0, 0.05) is 6.04 Å². The third kappa shape index (κ3) is 2.78. The maximum absolute atomic E-state index is 13.7. The molecule has 2 fully saturated rings. The molecule has 0 radical (unpaired) electrons. The van der Waals surface area contributed by atoms with E-state index >= 15 is 0 Å². The van der Waals surface area contributed by atoms with Gasteiger partial charge in [-0.1, -0.05) is 25.0 Å². The van der Waals surface area contributed by atoms with Crippen LogP contribution in [0.2, 0.25) is 0 Å². The summed E-state index contributed by atoms with van der Waals surface area (Å²) in [5.41, 5.74) is -4.29. The maximum atomic E-state index is 13.7. The Balaban J connectivity index is 1.96. The fourth-order valence-corrected chi connectivity index (χ4v) is 3.27. The van der Waals surface area contributed by atoms with Gasteiger partial charge in [-0.3, -0.25) is 19.8 Å². The maximum Gasteiger partial charge on any atom is 0.440 e. The van der Waals surface area contributed by atoms with Gasteiger partial charge in [0.2, 0.25) is 0 Å². The molecule has 10 heteroatoms. The fraction of sp³-hybridized carbons (Fsp3) is 0.438. The standard InChI is InChI=1S/C16H15F4N3O3/c17-11-8-4-3-7-10(11)12(24)21-15(16(18,19)20)13(25)23(14(26)22-15)9-5-1-2-6-9/h3-4,7-9H,1-2,5-6H2,(H,21,24)(H,22,26)/t15-/m1/s1. The van der Waals surface area contributed by atoms with Gasteiger partial charge in [-0.15, -0.1) is 0 Å². The number of alkyl halides is 3. The molecule has 1 saturated carbocycles. The molecule has 4 amide bonds. The molecule has 26 heavy (non-hydrogen) atoms. The number of hydrogen-bond donors (Lipinski definition) is 2. The molecule has 2 N–H and O–H groups in total. The molecular formula is C16H15F4N3O3. The van der Waals surface area contributed by atoms with E-state index in [0.29, 0.717) is 30.6 Å². The average molecular weight is 373 g/mol. The van der Waals surface area contributed by atoms with Crippen molar-refractivity contribution in [3.05, 3.63) is 35.6 Å². The SMILES string of the molecule is O=C(N[C@@]1(C(F)(F)F)NC(=O)N(C2CCCC2)C1=O)c1ccccc1F. The van der Waals surface area contributed by atoms with E-state index < -0.39 is 47.1 Å². The molecule has 1 aromatic rings. The van der Waals surface area contributed by atoms with Crippen LogP contribution in [0.5, 0.6) is 0 Å². The van der Waals surface area contributed by atoms with E-state index in [4.69, 9.17) is 0 Å². The molecule has 140 valence electrons. The Morgan fingerprint density at radius 1 is 1.19 bits per heavy atom. The van der Waals surface area contributed by atoms with Crippen molar-refractivity contribution in [1.82, 2.24) is 15.5 Å². The van der Waals surface area contributed by atoms with Crippen LogP contribution < -0.4 is 10.6 Å². The van der Waals surface area contributed by atoms with E-state index in [9.17, 15) is 31.9 Å². The molecule has 1 aromatic carbocycles. The third-order valence-corrected chi connectivity index (χ3v) is 4.59. The summed E-state index contributed by atoms with van der Waals surface area (Å²) in [6.07, 6.45) is -3.15. The average Bonchev–Trinajstić information content (AvgIpc) is 3.14. The van der Waals surface area contributed by atoms with Gasteiger partial charge in [-0.25, -0.2) is 9.18 Å². The van der Waals surface area contributed by atoms with E-state index in [2.05, 4.69) is 0 Å². The van der Waals surface area contributed by atoms with Crippen molar-refractivity contribution < 1.29 is 31.9 Å². The highest BCUT2D eigenvalue weighted by molar-refractivity contribution is 6.10. The van der Waals surface area contributed by atoms with Crippen molar-refractivity contribution in [1.29, 1.82) is 0 Å². The minimum Gasteiger partial charge on any atom is -0.314 e. The Hall–Kier alpha value is -2.65. The lowest BCUT2D eigenvalue weighted by molar-refractivity contribution is -0.200. The predicted octanol–water partition coefficient (Wildman–Crippen LogP) is 2.31. The Kier molecular flexibility index (Phi) is 4.37. The molecule has 0 bridgehead atoms. The number of rotatable bonds is 3. The highest BCUT2D eigenvalue weighted by atomic mass is 19.4. The van der Waals surface area contributed by atoms with E-state index in [1.54, 1.807) is 5.32 Å². The topological polar surface area (TPSA) is 78.5 Å². The van der Waals surface area contributed by atoms with Gasteiger partial charge in [0.15, 0.2) is 0 Å². The molecule has 2 aliphatic rings. The van der Waals surface area contributed by atoms with E-state index in [1.807, 2.05) is 0 Å². The molecule has 1 heterocycles.